The number of amides is 5. The van der Waals surface area contributed by atoms with Gasteiger partial charge in [-0.15, -0.1) is 0 Å². The molecule has 3 atom stereocenters. The summed E-state index contributed by atoms with van der Waals surface area (Å²) in [5.74, 6) is -1.23. The number of urea groups is 2. The second-order valence-electron chi connectivity index (χ2n) is 10.2. The fourth-order valence-corrected chi connectivity index (χ4v) is 4.45. The van der Waals surface area contributed by atoms with Crippen LogP contribution < -0.4 is 20.7 Å². The Morgan fingerprint density at radius 1 is 0.976 bits per heavy atom. The Balaban J connectivity index is 1.54. The van der Waals surface area contributed by atoms with Crippen molar-refractivity contribution in [3.05, 3.63) is 83.9 Å². The van der Waals surface area contributed by atoms with E-state index in [2.05, 4.69) is 16.0 Å². The van der Waals surface area contributed by atoms with Crippen LogP contribution in [0.2, 0.25) is 0 Å². The molecule has 0 fully saturated rings. The largest absolute Gasteiger partial charge is 0.487 e. The molecular weight excluding hydrogens is 548 g/mol. The summed E-state index contributed by atoms with van der Waals surface area (Å²) in [4.78, 5) is 42.0. The molecule has 10 nitrogen and oxygen atoms in total. The lowest BCUT2D eigenvalue weighted by atomic mass is 9.99. The Morgan fingerprint density at radius 3 is 2.12 bits per heavy atom. The van der Waals surface area contributed by atoms with Gasteiger partial charge in [-0.05, 0) is 73.7 Å². The third-order valence-corrected chi connectivity index (χ3v) is 6.92. The third kappa shape index (κ3) is 7.52. The fraction of sp³-hybridized carbons (Fsp3) is 0.300. The molecule has 0 bridgehead atoms. The van der Waals surface area contributed by atoms with E-state index in [1.54, 1.807) is 31.0 Å². The molecule has 0 aliphatic carbocycles. The summed E-state index contributed by atoms with van der Waals surface area (Å²) in [6.07, 6.45) is -0.546. The number of anilines is 3. The van der Waals surface area contributed by atoms with Crippen molar-refractivity contribution in [3.63, 3.8) is 0 Å². The number of benzene rings is 3. The third-order valence-electron chi connectivity index (χ3n) is 6.92. The predicted octanol–water partition coefficient (Wildman–Crippen LogP) is 4.99. The number of rotatable bonds is 7. The van der Waals surface area contributed by atoms with Crippen molar-refractivity contribution in [2.45, 2.75) is 26.0 Å². The van der Waals surface area contributed by atoms with E-state index in [0.29, 0.717) is 17.1 Å². The normalized spacial score (nSPS) is 17.2. The van der Waals surface area contributed by atoms with Gasteiger partial charge in [0.05, 0.1) is 24.8 Å². The maximum absolute atomic E-state index is 13.6. The van der Waals surface area contributed by atoms with Crippen molar-refractivity contribution in [3.8, 4) is 5.75 Å². The zero-order valence-electron chi connectivity index (χ0n) is 23.4. The number of carbonyl (C=O) groups excluding carboxylic acids is 3. The maximum Gasteiger partial charge on any atom is 0.323 e. The highest BCUT2D eigenvalue weighted by Crippen LogP contribution is 2.31. The molecule has 3 aromatic rings. The zero-order chi connectivity index (χ0) is 30.4. The lowest BCUT2D eigenvalue weighted by molar-refractivity contribution is 0.0371. The molecule has 222 valence electrons. The minimum atomic E-state index is -0.596. The number of nitrogens with zero attached hydrogens (tertiary/aromatic N) is 2. The maximum atomic E-state index is 13.6. The molecule has 1 aliphatic heterocycles. The van der Waals surface area contributed by atoms with Gasteiger partial charge in [0, 0.05) is 36.6 Å². The van der Waals surface area contributed by atoms with Gasteiger partial charge >= 0.3 is 12.1 Å². The summed E-state index contributed by atoms with van der Waals surface area (Å²) < 4.78 is 32.7. The molecule has 0 saturated heterocycles. The van der Waals surface area contributed by atoms with Crippen LogP contribution in [0.25, 0.3) is 0 Å². The zero-order valence-corrected chi connectivity index (χ0v) is 23.4. The quantitative estimate of drug-likeness (QED) is 0.313. The standard InChI is InChI=1S/C30H33F2N5O5/c1-18-15-37(19(2)17-38)28(39)25-14-24(34-29(40)33-22-8-4-20(31)5-9-22)12-13-26(25)42-27(18)16-36(3)30(41)35-23-10-6-21(32)7-11-23/h4-14,18-19,27,38H,15-17H2,1-3H3,(H,35,41)(H2,33,34,40)/t18-,19-,27+/m1/s1. The summed E-state index contributed by atoms with van der Waals surface area (Å²) >= 11 is 0. The first-order valence-electron chi connectivity index (χ1n) is 13.4. The molecule has 5 amide bonds. The highest BCUT2D eigenvalue weighted by atomic mass is 19.1. The average Bonchev–Trinajstić information content (AvgIpc) is 2.97. The molecule has 1 aliphatic rings. The van der Waals surface area contributed by atoms with Gasteiger partial charge in [-0.3, -0.25) is 4.79 Å². The average molecular weight is 582 g/mol. The van der Waals surface area contributed by atoms with Gasteiger partial charge < -0.3 is 35.6 Å². The van der Waals surface area contributed by atoms with Crippen molar-refractivity contribution in [1.82, 2.24) is 9.80 Å². The van der Waals surface area contributed by atoms with Crippen LogP contribution in [0, 0.1) is 17.6 Å². The second-order valence-corrected chi connectivity index (χ2v) is 10.2. The van der Waals surface area contributed by atoms with Gasteiger partial charge in [0.2, 0.25) is 0 Å². The number of nitrogens with one attached hydrogen (secondary N) is 3. The minimum absolute atomic E-state index is 0.156. The number of likely N-dealkylation sites (N-methyl/N-ethyl adjacent to an activating group) is 1. The Hall–Kier alpha value is -4.71. The van der Waals surface area contributed by atoms with Crippen LogP contribution in [-0.4, -0.2) is 71.8 Å². The van der Waals surface area contributed by atoms with Crippen molar-refractivity contribution < 1.29 is 33.0 Å². The van der Waals surface area contributed by atoms with E-state index in [9.17, 15) is 28.3 Å². The van der Waals surface area contributed by atoms with Crippen LogP contribution >= 0.6 is 0 Å². The van der Waals surface area contributed by atoms with E-state index in [1.807, 2.05) is 6.92 Å². The lowest BCUT2D eigenvalue weighted by Gasteiger charge is -2.38. The number of hydrogen-bond acceptors (Lipinski definition) is 5. The highest BCUT2D eigenvalue weighted by molar-refractivity contribution is 6.02. The molecule has 3 aromatic carbocycles. The first-order chi connectivity index (χ1) is 20.0. The Labute approximate surface area is 242 Å². The molecular formula is C30H33F2N5O5. The van der Waals surface area contributed by atoms with E-state index in [-0.39, 0.29) is 42.8 Å². The van der Waals surface area contributed by atoms with Crippen LogP contribution in [0.3, 0.4) is 0 Å². The van der Waals surface area contributed by atoms with Crippen molar-refractivity contribution in [2.75, 3.05) is 42.7 Å². The van der Waals surface area contributed by atoms with Crippen molar-refractivity contribution in [2.24, 2.45) is 5.92 Å². The van der Waals surface area contributed by atoms with Crippen molar-refractivity contribution in [1.29, 1.82) is 0 Å². The molecule has 0 spiro atoms. The van der Waals surface area contributed by atoms with E-state index in [0.717, 1.165) is 0 Å². The second kappa shape index (κ2) is 13.3. The van der Waals surface area contributed by atoms with Gasteiger partial charge in [0.15, 0.2) is 0 Å². The van der Waals surface area contributed by atoms with Crippen LogP contribution in [0.15, 0.2) is 66.7 Å². The molecule has 4 rings (SSSR count). The van der Waals surface area contributed by atoms with Gasteiger partial charge in [-0.2, -0.15) is 0 Å². The lowest BCUT2D eigenvalue weighted by Crippen LogP contribution is -2.50. The van der Waals surface area contributed by atoms with Crippen LogP contribution in [0.5, 0.6) is 5.75 Å². The monoisotopic (exact) mass is 581 g/mol. The molecule has 4 N–H and O–H groups in total. The topological polar surface area (TPSA) is 123 Å². The van der Waals surface area contributed by atoms with Gasteiger partial charge in [0.25, 0.3) is 5.91 Å². The SMILES string of the molecule is C[C@@H]1CN([C@H](C)CO)C(=O)c2cc(NC(=O)Nc3ccc(F)cc3)ccc2O[C@H]1CN(C)C(=O)Nc1ccc(F)cc1. The number of aliphatic hydroxyl groups is 1. The Morgan fingerprint density at radius 2 is 1.52 bits per heavy atom. The fourth-order valence-electron chi connectivity index (χ4n) is 4.45. The highest BCUT2D eigenvalue weighted by Gasteiger charge is 2.34. The van der Waals surface area contributed by atoms with Crippen LogP contribution in [0.1, 0.15) is 24.2 Å². The van der Waals surface area contributed by atoms with E-state index < -0.39 is 35.8 Å². The molecule has 0 radical (unpaired) electrons. The molecule has 0 saturated carbocycles. The Kier molecular flexibility index (Phi) is 9.58. The number of hydrogen-bond donors (Lipinski definition) is 4. The van der Waals surface area contributed by atoms with E-state index in [4.69, 9.17) is 4.74 Å². The predicted molar refractivity (Wildman–Crippen MR) is 155 cm³/mol. The minimum Gasteiger partial charge on any atom is -0.487 e. The molecule has 0 aromatic heterocycles. The summed E-state index contributed by atoms with van der Waals surface area (Å²) in [5, 5.41) is 17.8. The molecule has 0 unspecified atom stereocenters. The van der Waals surface area contributed by atoms with E-state index >= 15 is 0 Å². The molecule has 1 heterocycles. The Bertz CT molecular complexity index is 1420. The number of fused-ring (bicyclic) bond motifs is 1. The summed E-state index contributed by atoms with van der Waals surface area (Å²) in [6.45, 7) is 3.74. The van der Waals surface area contributed by atoms with E-state index in [1.165, 1.54) is 59.5 Å². The number of halogens is 2. The first-order valence-corrected chi connectivity index (χ1v) is 13.4. The van der Waals surface area contributed by atoms with Crippen molar-refractivity contribution >= 4 is 35.0 Å². The van der Waals surface area contributed by atoms with Crippen LogP contribution in [-0.2, 0) is 0 Å². The number of ether oxygens (including phenoxy) is 1. The molecule has 42 heavy (non-hydrogen) atoms. The number of aliphatic hydroxyl groups excluding tert-OH is 1. The smallest absolute Gasteiger partial charge is 0.323 e. The molecule has 12 heteroatoms. The first kappa shape index (κ1) is 30.3. The summed E-state index contributed by atoms with van der Waals surface area (Å²) in [5.41, 5.74) is 1.29. The van der Waals surface area contributed by atoms with Crippen LogP contribution in [0.4, 0.5) is 35.4 Å². The van der Waals surface area contributed by atoms with Gasteiger partial charge in [-0.25, -0.2) is 18.4 Å². The van der Waals surface area contributed by atoms with Gasteiger partial charge in [-0.1, -0.05) is 6.92 Å². The number of carbonyl (C=O) groups is 3. The van der Waals surface area contributed by atoms with Gasteiger partial charge in [0.1, 0.15) is 23.5 Å². The summed E-state index contributed by atoms with van der Waals surface area (Å²) in [6, 6.07) is 13.8. The summed E-state index contributed by atoms with van der Waals surface area (Å²) in [7, 11) is 1.60.